The Hall–Kier alpha value is -3.96. The summed E-state index contributed by atoms with van der Waals surface area (Å²) in [6.45, 7) is 3.15. The predicted octanol–water partition coefficient (Wildman–Crippen LogP) is 6.53. The molecule has 0 saturated heterocycles. The highest BCUT2D eigenvalue weighted by molar-refractivity contribution is 5.92. The van der Waals surface area contributed by atoms with Gasteiger partial charge in [0.05, 0.1) is 17.7 Å². The number of carbonyl (C=O) groups excluding carboxylic acids is 2. The quantitative estimate of drug-likeness (QED) is 0.322. The van der Waals surface area contributed by atoms with E-state index in [4.69, 9.17) is 0 Å². The molecule has 0 radical (unpaired) electrons. The number of hydrogen-bond donors (Lipinski definition) is 1. The number of hydrogen-bond acceptors (Lipinski definition) is 2. The topological polar surface area (TPSA) is 57.6 Å². The van der Waals surface area contributed by atoms with Crippen molar-refractivity contribution in [3.05, 3.63) is 89.2 Å². The number of aryl methyl sites for hydroxylation is 1. The smallest absolute Gasteiger partial charge is 0.353 e. The molecule has 39 heavy (non-hydrogen) atoms. The van der Waals surface area contributed by atoms with Crippen molar-refractivity contribution < 1.29 is 35.9 Å². The van der Waals surface area contributed by atoms with Crippen molar-refractivity contribution in [2.75, 3.05) is 11.9 Å². The normalized spacial score (nSPS) is 11.9. The summed E-state index contributed by atoms with van der Waals surface area (Å²) in [7, 11) is 1.82. The van der Waals surface area contributed by atoms with Gasteiger partial charge in [-0.2, -0.15) is 26.3 Å². The van der Waals surface area contributed by atoms with E-state index in [0.717, 1.165) is 16.2 Å². The second-order valence-electron chi connectivity index (χ2n) is 9.29. The molecule has 12 heteroatoms. The fraction of sp³-hybridized carbons (Fsp3) is 0.333. The van der Waals surface area contributed by atoms with E-state index >= 15 is 0 Å². The van der Waals surface area contributed by atoms with Gasteiger partial charge in [0.1, 0.15) is 6.54 Å². The first kappa shape index (κ1) is 29.6. The molecule has 0 aliphatic carbocycles. The Balaban J connectivity index is 1.85. The van der Waals surface area contributed by atoms with Gasteiger partial charge in [-0.25, -0.2) is 4.79 Å². The summed E-state index contributed by atoms with van der Waals surface area (Å²) < 4.78 is 81.3. The number of alkyl halides is 6. The number of nitrogens with one attached hydrogen (secondary N) is 1. The third kappa shape index (κ3) is 8.01. The van der Waals surface area contributed by atoms with Crippen LogP contribution in [-0.2, 0) is 37.3 Å². The molecule has 6 nitrogen and oxygen atoms in total. The fourth-order valence-electron chi connectivity index (χ4n) is 3.85. The maximum atomic E-state index is 13.4. The zero-order valence-corrected chi connectivity index (χ0v) is 21.5. The summed E-state index contributed by atoms with van der Waals surface area (Å²) in [5.74, 6) is -0.455. The van der Waals surface area contributed by atoms with Crippen LogP contribution in [0.25, 0.3) is 0 Å². The molecule has 0 saturated carbocycles. The highest BCUT2D eigenvalue weighted by Gasteiger charge is 2.37. The van der Waals surface area contributed by atoms with Gasteiger partial charge in [0.25, 0.3) is 0 Å². The largest absolute Gasteiger partial charge is 0.416 e. The Morgan fingerprint density at radius 3 is 1.95 bits per heavy atom. The number of aromatic nitrogens is 1. The average Bonchev–Trinajstić information content (AvgIpc) is 3.25. The van der Waals surface area contributed by atoms with Crippen molar-refractivity contribution in [1.29, 1.82) is 0 Å². The Labute approximate surface area is 221 Å². The highest BCUT2D eigenvalue weighted by Crippen LogP contribution is 2.37. The number of anilines is 1. The lowest BCUT2D eigenvalue weighted by Gasteiger charge is -2.30. The second-order valence-corrected chi connectivity index (χ2v) is 9.29. The molecule has 1 heterocycles. The van der Waals surface area contributed by atoms with Crippen LogP contribution in [0.5, 0.6) is 0 Å². The summed E-state index contributed by atoms with van der Waals surface area (Å²) in [6, 6.07) is 12.0. The average molecular weight is 555 g/mol. The zero-order chi connectivity index (χ0) is 29.0. The van der Waals surface area contributed by atoms with Gasteiger partial charge in [0.15, 0.2) is 0 Å². The molecule has 0 bridgehead atoms. The number of nitrogens with zero attached hydrogens (tertiary/aromatic N) is 3. The molecule has 1 aromatic heterocycles. The van der Waals surface area contributed by atoms with Crippen molar-refractivity contribution in [3.8, 4) is 0 Å². The number of halogens is 6. The molecular formula is C27H28F6N4O2. The van der Waals surface area contributed by atoms with Crippen molar-refractivity contribution in [2.24, 2.45) is 7.05 Å². The standard InChI is InChI=1S/C27H28F6N4O2/c1-18(2)37(25(39)34-22-13-20(26(28,29)30)12-21(14-22)27(31,32)33)17-24(38)36(15-19-8-5-4-6-9-19)16-23-10-7-11-35(23)3/h4-14,18H,15-17H2,1-3H3,(H,34,39). The van der Waals surface area contributed by atoms with Crippen LogP contribution in [-0.4, -0.2) is 38.9 Å². The van der Waals surface area contributed by atoms with E-state index in [1.54, 1.807) is 13.8 Å². The molecule has 2 aromatic carbocycles. The Morgan fingerprint density at radius 1 is 0.872 bits per heavy atom. The minimum absolute atomic E-state index is 0.0234. The number of carbonyl (C=O) groups is 2. The minimum Gasteiger partial charge on any atom is -0.353 e. The fourth-order valence-corrected chi connectivity index (χ4v) is 3.85. The molecule has 3 amide bonds. The van der Waals surface area contributed by atoms with Crippen molar-refractivity contribution in [1.82, 2.24) is 14.4 Å². The Morgan fingerprint density at radius 2 is 1.46 bits per heavy atom. The molecule has 210 valence electrons. The number of rotatable bonds is 8. The maximum Gasteiger partial charge on any atom is 0.416 e. The van der Waals surface area contributed by atoms with Gasteiger partial charge in [0, 0.05) is 37.2 Å². The summed E-state index contributed by atoms with van der Waals surface area (Å²) >= 11 is 0. The van der Waals surface area contributed by atoms with Gasteiger partial charge in [-0.1, -0.05) is 30.3 Å². The molecule has 0 spiro atoms. The first-order chi connectivity index (χ1) is 18.1. The first-order valence-electron chi connectivity index (χ1n) is 11.9. The Kier molecular flexibility index (Phi) is 8.98. The number of urea groups is 1. The second kappa shape index (κ2) is 11.8. The SMILES string of the molecule is CC(C)N(CC(=O)N(Cc1ccccc1)Cc1cccn1C)C(=O)Nc1cc(C(F)(F)F)cc(C(F)(F)F)c1. The third-order valence-electron chi connectivity index (χ3n) is 6.00. The lowest BCUT2D eigenvalue weighted by atomic mass is 10.1. The van der Waals surface area contributed by atoms with Crippen LogP contribution in [0.15, 0.2) is 66.9 Å². The number of benzene rings is 2. The minimum atomic E-state index is -5.07. The van der Waals surface area contributed by atoms with Gasteiger partial charge in [-0.3, -0.25) is 4.79 Å². The first-order valence-corrected chi connectivity index (χ1v) is 11.9. The lowest BCUT2D eigenvalue weighted by molar-refractivity contribution is -0.143. The molecule has 0 atom stereocenters. The number of amides is 3. The monoisotopic (exact) mass is 554 g/mol. The van der Waals surface area contributed by atoms with Gasteiger partial charge < -0.3 is 19.7 Å². The van der Waals surface area contributed by atoms with Crippen molar-refractivity contribution in [2.45, 2.75) is 45.3 Å². The van der Waals surface area contributed by atoms with Crippen LogP contribution in [0.1, 0.15) is 36.2 Å². The van der Waals surface area contributed by atoms with E-state index < -0.39 is 53.7 Å². The van der Waals surface area contributed by atoms with Crippen molar-refractivity contribution >= 4 is 17.6 Å². The lowest BCUT2D eigenvalue weighted by Crippen LogP contribution is -2.47. The summed E-state index contributed by atoms with van der Waals surface area (Å²) in [5, 5.41) is 2.11. The van der Waals surface area contributed by atoms with Crippen molar-refractivity contribution in [3.63, 3.8) is 0 Å². The van der Waals surface area contributed by atoms with Gasteiger partial charge >= 0.3 is 18.4 Å². The molecule has 0 aliphatic rings. The molecule has 3 rings (SSSR count). The highest BCUT2D eigenvalue weighted by atomic mass is 19.4. The van der Waals surface area contributed by atoms with Crippen LogP contribution in [0, 0.1) is 0 Å². The molecule has 3 aromatic rings. The van der Waals surface area contributed by atoms with Crippen LogP contribution in [0.3, 0.4) is 0 Å². The predicted molar refractivity (Wildman–Crippen MR) is 133 cm³/mol. The molecule has 0 unspecified atom stereocenters. The van der Waals surface area contributed by atoms with Crippen LogP contribution < -0.4 is 5.32 Å². The van der Waals surface area contributed by atoms with Crippen LogP contribution >= 0.6 is 0 Å². The molecule has 0 aliphatic heterocycles. The van der Waals surface area contributed by atoms with Gasteiger partial charge in [-0.15, -0.1) is 0 Å². The summed E-state index contributed by atoms with van der Waals surface area (Å²) in [5.41, 5.74) is -2.15. The van der Waals surface area contributed by atoms with E-state index in [9.17, 15) is 35.9 Å². The van der Waals surface area contributed by atoms with Crippen LogP contribution in [0.4, 0.5) is 36.8 Å². The summed E-state index contributed by atoms with van der Waals surface area (Å²) in [4.78, 5) is 29.0. The summed E-state index contributed by atoms with van der Waals surface area (Å²) in [6.07, 6.45) is -8.31. The van der Waals surface area contributed by atoms with E-state index in [0.29, 0.717) is 12.1 Å². The maximum absolute atomic E-state index is 13.4. The molecular weight excluding hydrogens is 526 g/mol. The van der Waals surface area contributed by atoms with E-state index in [2.05, 4.69) is 5.32 Å². The molecule has 0 fully saturated rings. The third-order valence-corrected chi connectivity index (χ3v) is 6.00. The van der Waals surface area contributed by atoms with E-state index in [-0.39, 0.29) is 19.2 Å². The zero-order valence-electron chi connectivity index (χ0n) is 21.5. The van der Waals surface area contributed by atoms with E-state index in [1.807, 2.05) is 60.3 Å². The van der Waals surface area contributed by atoms with Gasteiger partial charge in [-0.05, 0) is 49.7 Å². The van der Waals surface area contributed by atoms with Gasteiger partial charge in [0.2, 0.25) is 5.91 Å². The van der Waals surface area contributed by atoms with E-state index in [1.165, 1.54) is 4.90 Å². The van der Waals surface area contributed by atoms with Crippen LogP contribution in [0.2, 0.25) is 0 Å². The molecule has 1 N–H and O–H groups in total. The Bertz CT molecular complexity index is 1250.